The molecule has 244 valence electrons. The second-order valence-electron chi connectivity index (χ2n) is 10.8. The lowest BCUT2D eigenvalue weighted by Crippen LogP contribution is -2.64. The van der Waals surface area contributed by atoms with Crippen LogP contribution in [0.25, 0.3) is 0 Å². The van der Waals surface area contributed by atoms with E-state index in [0.717, 1.165) is 19.3 Å². The summed E-state index contributed by atoms with van der Waals surface area (Å²) < 4.78 is 31.4. The van der Waals surface area contributed by atoms with E-state index in [1.807, 2.05) is 0 Å². The summed E-state index contributed by atoms with van der Waals surface area (Å²) in [5, 5.41) is 51.7. The number of hydrogen-bond acceptors (Lipinski definition) is 12. The van der Waals surface area contributed by atoms with Gasteiger partial charge in [-0.05, 0) is 6.42 Å². The lowest BCUT2D eigenvalue weighted by atomic mass is 9.97. The van der Waals surface area contributed by atoms with Crippen LogP contribution >= 0.6 is 7.82 Å². The molecule has 0 aromatic carbocycles. The Morgan fingerprint density at radius 3 is 2.10 bits per heavy atom. The summed E-state index contributed by atoms with van der Waals surface area (Å²) in [5.41, 5.74) is 0. The molecule has 0 aromatic rings. The van der Waals surface area contributed by atoms with Crippen LogP contribution in [0.5, 0.6) is 0 Å². The fourth-order valence-corrected chi connectivity index (χ4v) is 5.12. The molecule has 0 bridgehead atoms. The molecule has 1 saturated heterocycles. The SMILES string of the molecule is CCCCCCCCCCCCCCCC(=O)OC[C@@H](O)COP(=O)(O)OCCNC[C@@]1(O)OC[C@@H](O)[C@@H](O)[C@@H]1O. The van der Waals surface area contributed by atoms with Crippen molar-refractivity contribution in [2.75, 3.05) is 39.5 Å². The molecular weight excluding hydrogens is 561 g/mol. The summed E-state index contributed by atoms with van der Waals surface area (Å²) in [6.45, 7) is 0.116. The van der Waals surface area contributed by atoms with Gasteiger partial charge < -0.3 is 45.2 Å². The molecule has 41 heavy (non-hydrogen) atoms. The van der Waals surface area contributed by atoms with Crippen molar-refractivity contribution in [3.05, 3.63) is 0 Å². The molecule has 1 aliphatic rings. The number of carbonyl (C=O) groups excluding carboxylic acids is 1. The number of unbranched alkanes of at least 4 members (excludes halogenated alkanes) is 12. The molecule has 0 saturated carbocycles. The molecule has 6 atom stereocenters. The van der Waals surface area contributed by atoms with Crippen molar-refractivity contribution in [2.45, 2.75) is 127 Å². The Labute approximate surface area is 244 Å². The van der Waals surface area contributed by atoms with Crippen LogP contribution in [0.1, 0.15) is 96.8 Å². The van der Waals surface area contributed by atoms with Gasteiger partial charge in [0.25, 0.3) is 0 Å². The maximum absolute atomic E-state index is 12.0. The summed E-state index contributed by atoms with van der Waals surface area (Å²) in [7, 11) is -4.51. The summed E-state index contributed by atoms with van der Waals surface area (Å²) in [6, 6.07) is 0. The number of carbonyl (C=O) groups is 1. The van der Waals surface area contributed by atoms with Crippen LogP contribution in [0, 0.1) is 0 Å². The molecule has 0 amide bonds. The maximum atomic E-state index is 12.0. The predicted molar refractivity (Wildman–Crippen MR) is 151 cm³/mol. The fraction of sp³-hybridized carbons (Fsp3) is 0.963. The second-order valence-corrected chi connectivity index (χ2v) is 12.2. The van der Waals surface area contributed by atoms with E-state index in [4.69, 9.17) is 18.5 Å². The number of phosphoric ester groups is 1. The highest BCUT2D eigenvalue weighted by atomic mass is 31.2. The van der Waals surface area contributed by atoms with Gasteiger partial charge in [0.15, 0.2) is 0 Å². The van der Waals surface area contributed by atoms with Gasteiger partial charge in [-0.1, -0.05) is 84.0 Å². The Kier molecular flexibility index (Phi) is 20.5. The first kappa shape index (κ1) is 38.3. The van der Waals surface area contributed by atoms with Crippen LogP contribution in [0.2, 0.25) is 0 Å². The van der Waals surface area contributed by atoms with Gasteiger partial charge >= 0.3 is 13.8 Å². The van der Waals surface area contributed by atoms with Crippen LogP contribution in [0.15, 0.2) is 0 Å². The van der Waals surface area contributed by atoms with Crippen molar-refractivity contribution in [3.63, 3.8) is 0 Å². The van der Waals surface area contributed by atoms with E-state index < -0.39 is 50.6 Å². The highest BCUT2D eigenvalue weighted by Crippen LogP contribution is 2.42. The number of phosphoric acid groups is 1. The predicted octanol–water partition coefficient (Wildman–Crippen LogP) is 1.90. The molecule has 0 spiro atoms. The molecule has 0 aliphatic carbocycles. The molecule has 0 aromatic heterocycles. The third-order valence-corrected chi connectivity index (χ3v) is 7.93. The minimum absolute atomic E-state index is 0.0652. The smallest absolute Gasteiger partial charge is 0.463 e. The van der Waals surface area contributed by atoms with Crippen LogP contribution in [0.3, 0.4) is 0 Å². The standard InChI is InChI=1S/C27H54NO12P/c1-2-3-4-5-6-7-8-9-10-11-12-13-14-15-24(31)37-18-22(29)19-40-41(35,36)39-17-16-28-21-27(34)26(33)25(32)23(30)20-38-27/h22-23,25-26,28-30,32-34H,2-21H2,1H3,(H,35,36)/t22-,23-,25-,26+,27-/m1/s1. The van der Waals surface area contributed by atoms with Crippen molar-refractivity contribution >= 4 is 13.8 Å². The number of aliphatic hydroxyl groups excluding tert-OH is 4. The van der Waals surface area contributed by atoms with Gasteiger partial charge in [-0.3, -0.25) is 13.8 Å². The number of hydrogen-bond donors (Lipinski definition) is 7. The average molecular weight is 616 g/mol. The number of nitrogens with one attached hydrogen (secondary N) is 1. The first-order chi connectivity index (χ1) is 19.5. The van der Waals surface area contributed by atoms with E-state index in [-0.39, 0.29) is 39.3 Å². The Balaban J connectivity index is 2.01. The monoisotopic (exact) mass is 615 g/mol. The van der Waals surface area contributed by atoms with E-state index in [1.54, 1.807) is 0 Å². The van der Waals surface area contributed by atoms with Crippen LogP contribution in [0.4, 0.5) is 0 Å². The first-order valence-corrected chi connectivity index (χ1v) is 16.6. The zero-order chi connectivity index (χ0) is 30.6. The lowest BCUT2D eigenvalue weighted by molar-refractivity contribution is -0.317. The summed E-state index contributed by atoms with van der Waals surface area (Å²) >= 11 is 0. The average Bonchev–Trinajstić information content (AvgIpc) is 2.94. The Morgan fingerprint density at radius 2 is 1.51 bits per heavy atom. The van der Waals surface area contributed by atoms with Crippen LogP contribution in [-0.2, 0) is 27.9 Å². The van der Waals surface area contributed by atoms with Crippen molar-refractivity contribution in [1.82, 2.24) is 5.32 Å². The van der Waals surface area contributed by atoms with Crippen molar-refractivity contribution in [3.8, 4) is 0 Å². The van der Waals surface area contributed by atoms with Crippen molar-refractivity contribution < 1.29 is 58.3 Å². The third kappa shape index (κ3) is 17.9. The van der Waals surface area contributed by atoms with E-state index in [9.17, 15) is 39.8 Å². The fourth-order valence-electron chi connectivity index (χ4n) is 4.36. The minimum atomic E-state index is -4.51. The third-order valence-electron chi connectivity index (χ3n) is 6.95. The van der Waals surface area contributed by atoms with Gasteiger partial charge in [-0.2, -0.15) is 0 Å². The Morgan fingerprint density at radius 1 is 0.951 bits per heavy atom. The van der Waals surface area contributed by atoms with Gasteiger partial charge in [0.05, 0.1) is 26.4 Å². The summed E-state index contributed by atoms with van der Waals surface area (Å²) in [4.78, 5) is 21.6. The summed E-state index contributed by atoms with van der Waals surface area (Å²) in [5.74, 6) is -2.61. The lowest BCUT2D eigenvalue weighted by Gasteiger charge is -2.41. The molecule has 1 rings (SSSR count). The van der Waals surface area contributed by atoms with Gasteiger partial charge in [-0.25, -0.2) is 4.57 Å². The zero-order valence-electron chi connectivity index (χ0n) is 24.5. The molecule has 1 aliphatic heterocycles. The summed E-state index contributed by atoms with van der Waals surface area (Å²) in [6.07, 6.45) is 9.89. The second kappa shape index (κ2) is 21.9. The zero-order valence-corrected chi connectivity index (χ0v) is 25.4. The molecule has 1 heterocycles. The maximum Gasteiger partial charge on any atom is 0.472 e. The Bertz CT molecular complexity index is 732. The normalized spacial score (nSPS) is 25.1. The van der Waals surface area contributed by atoms with Crippen LogP contribution < -0.4 is 5.32 Å². The number of esters is 1. The molecule has 14 heteroatoms. The van der Waals surface area contributed by atoms with E-state index in [0.29, 0.717) is 6.42 Å². The van der Waals surface area contributed by atoms with E-state index >= 15 is 0 Å². The molecule has 13 nitrogen and oxygen atoms in total. The molecular formula is C27H54NO12P. The molecule has 1 fully saturated rings. The van der Waals surface area contributed by atoms with E-state index in [1.165, 1.54) is 57.8 Å². The quantitative estimate of drug-likeness (QED) is 0.0446. The number of rotatable bonds is 25. The van der Waals surface area contributed by atoms with Crippen molar-refractivity contribution in [1.29, 1.82) is 0 Å². The van der Waals surface area contributed by atoms with Crippen molar-refractivity contribution in [2.24, 2.45) is 0 Å². The number of ether oxygens (including phenoxy) is 2. The molecule has 1 unspecified atom stereocenters. The van der Waals surface area contributed by atoms with Gasteiger partial charge in [0.1, 0.15) is 31.0 Å². The molecule has 0 radical (unpaired) electrons. The van der Waals surface area contributed by atoms with Gasteiger partial charge in [0.2, 0.25) is 5.79 Å². The largest absolute Gasteiger partial charge is 0.472 e. The molecule has 7 N–H and O–H groups in total. The van der Waals surface area contributed by atoms with Gasteiger partial charge in [0, 0.05) is 13.0 Å². The highest BCUT2D eigenvalue weighted by Gasteiger charge is 2.48. The first-order valence-electron chi connectivity index (χ1n) is 15.1. The van der Waals surface area contributed by atoms with E-state index in [2.05, 4.69) is 12.2 Å². The van der Waals surface area contributed by atoms with Crippen LogP contribution in [-0.4, -0.2) is 106 Å². The Hall–Kier alpha value is -0.700. The minimum Gasteiger partial charge on any atom is -0.463 e. The van der Waals surface area contributed by atoms with Gasteiger partial charge in [-0.15, -0.1) is 0 Å². The number of aliphatic hydroxyl groups is 5. The highest BCUT2D eigenvalue weighted by molar-refractivity contribution is 7.47. The topological polar surface area (TPSA) is 204 Å².